The Labute approximate surface area is 111 Å². The third kappa shape index (κ3) is 1.46. The maximum absolute atomic E-state index is 12.3. The molecule has 96 valence electrons. The molecule has 4 nitrogen and oxygen atoms in total. The van der Waals surface area contributed by atoms with Crippen molar-refractivity contribution in [2.24, 2.45) is 0 Å². The molecule has 1 aliphatic rings. The first kappa shape index (κ1) is 11.7. The van der Waals surface area contributed by atoms with Crippen LogP contribution < -0.4 is 5.32 Å². The molecule has 0 atom stereocenters. The lowest BCUT2D eigenvalue weighted by Crippen LogP contribution is -2.40. The Morgan fingerprint density at radius 1 is 1.05 bits per heavy atom. The summed E-state index contributed by atoms with van der Waals surface area (Å²) in [4.78, 5) is 25.9. The first-order valence-electron chi connectivity index (χ1n) is 6.28. The van der Waals surface area contributed by atoms with Crippen molar-refractivity contribution in [3.05, 3.63) is 41.5 Å². The third-order valence-corrected chi connectivity index (χ3v) is 3.58. The molecule has 1 heterocycles. The number of imide groups is 1. The molecule has 2 aromatic rings. The van der Waals surface area contributed by atoms with E-state index in [1.165, 1.54) is 4.90 Å². The first-order valence-corrected chi connectivity index (χ1v) is 6.28. The van der Waals surface area contributed by atoms with Crippen molar-refractivity contribution < 1.29 is 9.59 Å². The first-order chi connectivity index (χ1) is 9.19. The molecule has 0 saturated heterocycles. The lowest BCUT2D eigenvalue weighted by Gasteiger charge is -2.26. The smallest absolute Gasteiger partial charge is 0.261 e. The summed E-state index contributed by atoms with van der Waals surface area (Å²) in [6, 6.07) is 9.22. The highest BCUT2D eigenvalue weighted by Gasteiger charge is 2.31. The minimum atomic E-state index is -0.209. The van der Waals surface area contributed by atoms with Crippen LogP contribution in [-0.2, 0) is 0 Å². The molecule has 19 heavy (non-hydrogen) atoms. The van der Waals surface area contributed by atoms with Gasteiger partial charge in [0.05, 0.1) is 0 Å². The van der Waals surface area contributed by atoms with Crippen LogP contribution in [0.5, 0.6) is 0 Å². The van der Waals surface area contributed by atoms with Gasteiger partial charge in [0.25, 0.3) is 11.8 Å². The van der Waals surface area contributed by atoms with Gasteiger partial charge in [-0.2, -0.15) is 0 Å². The van der Waals surface area contributed by atoms with Crippen LogP contribution in [0.4, 0.5) is 5.69 Å². The molecule has 2 amide bonds. The van der Waals surface area contributed by atoms with Crippen LogP contribution >= 0.6 is 0 Å². The van der Waals surface area contributed by atoms with Crippen LogP contribution in [-0.4, -0.2) is 30.3 Å². The van der Waals surface area contributed by atoms with Gasteiger partial charge in [0, 0.05) is 41.2 Å². The molecule has 0 unspecified atom stereocenters. The van der Waals surface area contributed by atoms with Crippen LogP contribution in [0.15, 0.2) is 30.3 Å². The number of hydrogen-bond donors (Lipinski definition) is 1. The summed E-state index contributed by atoms with van der Waals surface area (Å²) in [7, 11) is 1.83. The fraction of sp³-hybridized carbons (Fsp3) is 0.200. The number of carbonyl (C=O) groups excluding carboxylic acids is 2. The molecule has 0 aromatic heterocycles. The van der Waals surface area contributed by atoms with Crippen molar-refractivity contribution in [2.45, 2.75) is 6.92 Å². The fourth-order valence-electron chi connectivity index (χ4n) is 2.65. The van der Waals surface area contributed by atoms with Gasteiger partial charge < -0.3 is 5.32 Å². The molecule has 1 aliphatic heterocycles. The van der Waals surface area contributed by atoms with E-state index < -0.39 is 0 Å². The number of benzene rings is 2. The van der Waals surface area contributed by atoms with Gasteiger partial charge in [-0.25, -0.2) is 0 Å². The molecular formula is C15H14N2O2. The Morgan fingerprint density at radius 2 is 1.74 bits per heavy atom. The van der Waals surface area contributed by atoms with Gasteiger partial charge in [0.1, 0.15) is 0 Å². The highest BCUT2D eigenvalue weighted by Crippen LogP contribution is 2.33. The molecular weight excluding hydrogens is 240 g/mol. The van der Waals surface area contributed by atoms with Gasteiger partial charge in [-0.1, -0.05) is 12.1 Å². The third-order valence-electron chi connectivity index (χ3n) is 3.58. The number of anilines is 1. The lowest BCUT2D eigenvalue weighted by molar-refractivity contribution is 0.0619. The zero-order chi connectivity index (χ0) is 13.6. The van der Waals surface area contributed by atoms with Crippen LogP contribution in [0.1, 0.15) is 27.6 Å². The summed E-state index contributed by atoms with van der Waals surface area (Å²) in [5.74, 6) is -0.419. The van der Waals surface area contributed by atoms with E-state index in [4.69, 9.17) is 0 Å². The number of nitrogens with zero attached hydrogens (tertiary/aromatic N) is 1. The highest BCUT2D eigenvalue weighted by molar-refractivity contribution is 6.26. The summed E-state index contributed by atoms with van der Waals surface area (Å²) < 4.78 is 0. The Morgan fingerprint density at radius 3 is 2.37 bits per heavy atom. The van der Waals surface area contributed by atoms with Crippen molar-refractivity contribution >= 4 is 28.3 Å². The molecule has 0 aliphatic carbocycles. The Kier molecular flexibility index (Phi) is 2.52. The van der Waals surface area contributed by atoms with Crippen LogP contribution in [0.25, 0.3) is 10.8 Å². The predicted octanol–water partition coefficient (Wildman–Crippen LogP) is 2.50. The molecule has 0 spiro atoms. The molecule has 2 aromatic carbocycles. The summed E-state index contributed by atoms with van der Waals surface area (Å²) in [5.41, 5.74) is 2.13. The second-order valence-corrected chi connectivity index (χ2v) is 4.49. The van der Waals surface area contributed by atoms with Crippen molar-refractivity contribution in [1.29, 1.82) is 0 Å². The van der Waals surface area contributed by atoms with Gasteiger partial charge in [0.2, 0.25) is 0 Å². The van der Waals surface area contributed by atoms with E-state index >= 15 is 0 Å². The molecule has 1 N–H and O–H groups in total. The second-order valence-electron chi connectivity index (χ2n) is 4.49. The van der Waals surface area contributed by atoms with Gasteiger partial charge in [0.15, 0.2) is 0 Å². The van der Waals surface area contributed by atoms with Gasteiger partial charge >= 0.3 is 0 Å². The standard InChI is InChI=1S/C15H14N2O2/c1-3-17-14(18)10-6-4-5-9-12(16-2)8-7-11(13(9)10)15(17)19/h4-8,16H,3H2,1-2H3. The van der Waals surface area contributed by atoms with Crippen LogP contribution in [0, 0.1) is 0 Å². The zero-order valence-corrected chi connectivity index (χ0v) is 10.9. The maximum atomic E-state index is 12.3. The molecule has 0 fully saturated rings. The number of nitrogens with one attached hydrogen (secondary N) is 1. The Hall–Kier alpha value is -2.36. The predicted molar refractivity (Wildman–Crippen MR) is 74.5 cm³/mol. The number of carbonyl (C=O) groups is 2. The van der Waals surface area contributed by atoms with Crippen LogP contribution in [0.3, 0.4) is 0 Å². The van der Waals surface area contributed by atoms with Crippen LogP contribution in [0.2, 0.25) is 0 Å². The van der Waals surface area contributed by atoms with Crippen molar-refractivity contribution in [3.8, 4) is 0 Å². The molecule has 0 bridgehead atoms. The molecule has 0 saturated carbocycles. The lowest BCUT2D eigenvalue weighted by atomic mass is 9.93. The fourth-order valence-corrected chi connectivity index (χ4v) is 2.65. The quantitative estimate of drug-likeness (QED) is 0.838. The number of hydrogen-bond acceptors (Lipinski definition) is 3. The summed E-state index contributed by atoms with van der Waals surface area (Å²) in [6.07, 6.45) is 0. The minimum Gasteiger partial charge on any atom is -0.388 e. The topological polar surface area (TPSA) is 49.4 Å². The molecule has 0 radical (unpaired) electrons. The molecule has 4 heteroatoms. The largest absolute Gasteiger partial charge is 0.388 e. The van der Waals surface area contributed by atoms with E-state index in [-0.39, 0.29) is 11.8 Å². The maximum Gasteiger partial charge on any atom is 0.261 e. The summed E-state index contributed by atoms with van der Waals surface area (Å²) in [6.45, 7) is 2.20. The monoisotopic (exact) mass is 254 g/mol. The Bertz CT molecular complexity index is 684. The van der Waals surface area contributed by atoms with Gasteiger partial charge in [-0.3, -0.25) is 14.5 Å². The Balaban J connectivity index is 2.42. The van der Waals surface area contributed by atoms with E-state index in [1.807, 2.05) is 32.2 Å². The van der Waals surface area contributed by atoms with E-state index in [2.05, 4.69) is 5.32 Å². The highest BCUT2D eigenvalue weighted by atomic mass is 16.2. The van der Waals surface area contributed by atoms with Crippen molar-refractivity contribution in [3.63, 3.8) is 0 Å². The normalized spacial score (nSPS) is 14.1. The second kappa shape index (κ2) is 4.09. The van der Waals surface area contributed by atoms with E-state index in [9.17, 15) is 9.59 Å². The zero-order valence-electron chi connectivity index (χ0n) is 10.9. The SMILES string of the molecule is CCN1C(=O)c2cccc3c(NC)ccc(c23)C1=O. The van der Waals surface area contributed by atoms with E-state index in [1.54, 1.807) is 12.1 Å². The average Bonchev–Trinajstić information content (AvgIpc) is 2.44. The number of amides is 2. The molecule has 3 rings (SSSR count). The summed E-state index contributed by atoms with van der Waals surface area (Å²) in [5, 5.41) is 4.76. The minimum absolute atomic E-state index is 0.209. The van der Waals surface area contributed by atoms with Gasteiger partial charge in [-0.15, -0.1) is 0 Å². The van der Waals surface area contributed by atoms with Crippen molar-refractivity contribution in [1.82, 2.24) is 4.90 Å². The average molecular weight is 254 g/mol. The van der Waals surface area contributed by atoms with Crippen molar-refractivity contribution in [2.75, 3.05) is 18.9 Å². The summed E-state index contributed by atoms with van der Waals surface area (Å²) >= 11 is 0. The van der Waals surface area contributed by atoms with Gasteiger partial charge in [-0.05, 0) is 25.1 Å². The van der Waals surface area contributed by atoms with E-state index in [0.29, 0.717) is 17.7 Å². The number of rotatable bonds is 2. The van der Waals surface area contributed by atoms with E-state index in [0.717, 1.165) is 16.5 Å².